The summed E-state index contributed by atoms with van der Waals surface area (Å²) in [6.07, 6.45) is -1.14. The molecule has 1 heterocycles. The van der Waals surface area contributed by atoms with Crippen LogP contribution in [0.5, 0.6) is 0 Å². The average Bonchev–Trinajstić information content (AvgIpc) is 2.59. The summed E-state index contributed by atoms with van der Waals surface area (Å²) in [5.74, 6) is -1.38. The van der Waals surface area contributed by atoms with Crippen LogP contribution in [0.1, 0.15) is 17.3 Å². The van der Waals surface area contributed by atoms with Crippen molar-refractivity contribution in [1.82, 2.24) is 10.8 Å². The maximum absolute atomic E-state index is 12.2. The van der Waals surface area contributed by atoms with Crippen LogP contribution in [0, 0.1) is 0 Å². The van der Waals surface area contributed by atoms with Crippen LogP contribution >= 0.6 is 0 Å². The number of hydroxylamine groups is 1. The molecule has 0 radical (unpaired) electrons. The van der Waals surface area contributed by atoms with Gasteiger partial charge in [0.15, 0.2) is 0 Å². The van der Waals surface area contributed by atoms with Gasteiger partial charge in [0.25, 0.3) is 11.8 Å². The number of hydrogen-bond donors (Lipinski definition) is 4. The number of hydrogen-bond acceptors (Lipinski definition) is 6. The Balaban J connectivity index is 2.03. The summed E-state index contributed by atoms with van der Waals surface area (Å²) in [5, 5.41) is 20.5. The SMILES string of the molecule is C[C@@H](O)[C@H](NC(=O)c1ccc(N2CCOCC2)cc1)C(=O)NO. The van der Waals surface area contributed by atoms with Gasteiger partial charge in [-0.3, -0.25) is 14.8 Å². The molecule has 1 aromatic carbocycles. The zero-order chi connectivity index (χ0) is 16.8. The van der Waals surface area contributed by atoms with E-state index in [1.54, 1.807) is 12.1 Å². The minimum Gasteiger partial charge on any atom is -0.391 e. The summed E-state index contributed by atoms with van der Waals surface area (Å²) in [6.45, 7) is 4.30. The molecule has 1 aliphatic rings. The molecule has 1 saturated heterocycles. The van der Waals surface area contributed by atoms with Gasteiger partial charge in [-0.2, -0.15) is 0 Å². The molecule has 4 N–H and O–H groups in total. The summed E-state index contributed by atoms with van der Waals surface area (Å²) in [4.78, 5) is 25.7. The summed E-state index contributed by atoms with van der Waals surface area (Å²) >= 11 is 0. The molecule has 0 aliphatic carbocycles. The monoisotopic (exact) mass is 323 g/mol. The molecule has 0 bridgehead atoms. The first-order chi connectivity index (χ1) is 11.0. The Morgan fingerprint density at radius 3 is 2.35 bits per heavy atom. The smallest absolute Gasteiger partial charge is 0.268 e. The molecular weight excluding hydrogens is 302 g/mol. The van der Waals surface area contributed by atoms with Crippen molar-refractivity contribution in [3.05, 3.63) is 29.8 Å². The van der Waals surface area contributed by atoms with Crippen molar-refractivity contribution in [2.24, 2.45) is 0 Å². The fourth-order valence-corrected chi connectivity index (χ4v) is 2.34. The number of amides is 2. The van der Waals surface area contributed by atoms with Crippen molar-refractivity contribution >= 4 is 17.5 Å². The van der Waals surface area contributed by atoms with Crippen molar-refractivity contribution in [2.45, 2.75) is 19.1 Å². The summed E-state index contributed by atoms with van der Waals surface area (Å²) < 4.78 is 5.29. The number of morpholine rings is 1. The Labute approximate surface area is 134 Å². The van der Waals surface area contributed by atoms with Crippen molar-refractivity contribution < 1.29 is 24.6 Å². The Bertz CT molecular complexity index is 541. The number of aliphatic hydroxyl groups is 1. The first-order valence-electron chi connectivity index (χ1n) is 7.38. The number of anilines is 1. The maximum atomic E-state index is 12.2. The quantitative estimate of drug-likeness (QED) is 0.430. The molecule has 0 saturated carbocycles. The summed E-state index contributed by atoms with van der Waals surface area (Å²) in [5.41, 5.74) is 2.77. The van der Waals surface area contributed by atoms with Crippen LogP contribution in [0.15, 0.2) is 24.3 Å². The van der Waals surface area contributed by atoms with E-state index in [-0.39, 0.29) is 0 Å². The predicted octanol–water partition coefficient (Wildman–Crippen LogP) is -0.492. The van der Waals surface area contributed by atoms with Crippen LogP contribution in [0.25, 0.3) is 0 Å². The number of nitrogens with zero attached hydrogens (tertiary/aromatic N) is 1. The zero-order valence-electron chi connectivity index (χ0n) is 12.9. The van der Waals surface area contributed by atoms with E-state index in [1.165, 1.54) is 12.4 Å². The summed E-state index contributed by atoms with van der Waals surface area (Å²) in [6, 6.07) is 5.71. The van der Waals surface area contributed by atoms with Crippen LogP contribution in [-0.2, 0) is 9.53 Å². The number of aliphatic hydroxyl groups excluding tert-OH is 1. The van der Waals surface area contributed by atoms with E-state index >= 15 is 0 Å². The fraction of sp³-hybridized carbons (Fsp3) is 0.467. The molecule has 2 rings (SSSR count). The molecule has 2 atom stereocenters. The highest BCUT2D eigenvalue weighted by Crippen LogP contribution is 2.16. The highest BCUT2D eigenvalue weighted by molar-refractivity contribution is 5.97. The van der Waals surface area contributed by atoms with Crippen molar-refractivity contribution in [1.29, 1.82) is 0 Å². The van der Waals surface area contributed by atoms with E-state index < -0.39 is 24.0 Å². The molecule has 8 nitrogen and oxygen atoms in total. The van der Waals surface area contributed by atoms with Gasteiger partial charge in [-0.1, -0.05) is 0 Å². The van der Waals surface area contributed by atoms with Crippen molar-refractivity contribution in [2.75, 3.05) is 31.2 Å². The van der Waals surface area contributed by atoms with E-state index in [0.29, 0.717) is 18.8 Å². The molecule has 1 fully saturated rings. The van der Waals surface area contributed by atoms with Crippen molar-refractivity contribution in [3.63, 3.8) is 0 Å². The van der Waals surface area contributed by atoms with Gasteiger partial charge < -0.3 is 20.1 Å². The highest BCUT2D eigenvalue weighted by Gasteiger charge is 2.25. The largest absolute Gasteiger partial charge is 0.391 e. The van der Waals surface area contributed by atoms with Gasteiger partial charge in [0.05, 0.1) is 19.3 Å². The maximum Gasteiger partial charge on any atom is 0.268 e. The van der Waals surface area contributed by atoms with E-state index in [0.717, 1.165) is 18.8 Å². The topological polar surface area (TPSA) is 111 Å². The first kappa shape index (κ1) is 17.2. The number of nitrogens with one attached hydrogen (secondary N) is 2. The molecule has 0 unspecified atom stereocenters. The Kier molecular flexibility index (Phi) is 5.91. The minimum atomic E-state index is -1.23. The summed E-state index contributed by atoms with van der Waals surface area (Å²) in [7, 11) is 0. The number of rotatable bonds is 5. The Morgan fingerprint density at radius 2 is 1.83 bits per heavy atom. The second kappa shape index (κ2) is 7.91. The van der Waals surface area contributed by atoms with Crippen LogP contribution in [0.2, 0.25) is 0 Å². The van der Waals surface area contributed by atoms with E-state index in [1.807, 2.05) is 12.1 Å². The molecule has 0 spiro atoms. The zero-order valence-corrected chi connectivity index (χ0v) is 12.9. The Morgan fingerprint density at radius 1 is 1.22 bits per heavy atom. The van der Waals surface area contributed by atoms with E-state index in [9.17, 15) is 14.7 Å². The normalized spacial score (nSPS) is 17.3. The van der Waals surface area contributed by atoms with Gasteiger partial charge in [0, 0.05) is 24.3 Å². The van der Waals surface area contributed by atoms with E-state index in [4.69, 9.17) is 9.94 Å². The molecule has 1 aliphatic heterocycles. The molecule has 8 heteroatoms. The lowest BCUT2D eigenvalue weighted by Crippen LogP contribution is -2.51. The number of benzene rings is 1. The molecule has 23 heavy (non-hydrogen) atoms. The second-order valence-electron chi connectivity index (χ2n) is 5.31. The molecule has 2 amide bonds. The third kappa shape index (κ3) is 4.41. The van der Waals surface area contributed by atoms with Crippen molar-refractivity contribution in [3.8, 4) is 0 Å². The molecule has 126 valence electrons. The van der Waals surface area contributed by atoms with E-state index in [2.05, 4.69) is 10.2 Å². The van der Waals surface area contributed by atoms with Gasteiger partial charge in [-0.25, -0.2) is 5.48 Å². The standard InChI is InChI=1S/C15H21N3O5/c1-10(19)13(15(21)17-22)16-14(20)11-2-4-12(5-3-11)18-6-8-23-9-7-18/h2-5,10,13,19,22H,6-9H2,1H3,(H,16,20)(H,17,21)/t10-,13+/m1/s1. The van der Waals surface area contributed by atoms with Gasteiger partial charge in [-0.15, -0.1) is 0 Å². The molecule has 0 aromatic heterocycles. The lowest BCUT2D eigenvalue weighted by atomic mass is 10.1. The van der Waals surface area contributed by atoms with Gasteiger partial charge in [0.1, 0.15) is 6.04 Å². The fourth-order valence-electron chi connectivity index (χ4n) is 2.34. The lowest BCUT2D eigenvalue weighted by Gasteiger charge is -2.29. The van der Waals surface area contributed by atoms with Gasteiger partial charge >= 0.3 is 0 Å². The van der Waals surface area contributed by atoms with Gasteiger partial charge in [0.2, 0.25) is 0 Å². The number of carbonyl (C=O) groups is 2. The third-order valence-corrected chi connectivity index (χ3v) is 3.67. The van der Waals surface area contributed by atoms with Gasteiger partial charge in [-0.05, 0) is 31.2 Å². The number of ether oxygens (including phenoxy) is 1. The second-order valence-corrected chi connectivity index (χ2v) is 5.31. The predicted molar refractivity (Wildman–Crippen MR) is 82.3 cm³/mol. The molecular formula is C15H21N3O5. The third-order valence-electron chi connectivity index (χ3n) is 3.67. The Hall–Kier alpha value is -2.16. The van der Waals surface area contributed by atoms with Crippen LogP contribution in [0.4, 0.5) is 5.69 Å². The van der Waals surface area contributed by atoms with Crippen LogP contribution in [0.3, 0.4) is 0 Å². The van der Waals surface area contributed by atoms with Crippen LogP contribution in [-0.4, -0.2) is 60.6 Å². The number of carbonyl (C=O) groups excluding carboxylic acids is 2. The molecule has 1 aromatic rings. The minimum absolute atomic E-state index is 0.360. The first-order valence-corrected chi connectivity index (χ1v) is 7.38. The highest BCUT2D eigenvalue weighted by atomic mass is 16.5. The average molecular weight is 323 g/mol. The lowest BCUT2D eigenvalue weighted by molar-refractivity contribution is -0.133. The van der Waals surface area contributed by atoms with Crippen LogP contribution < -0.4 is 15.7 Å².